The molecule has 0 amide bonds. The molecule has 4 rings (SSSR count). The van der Waals surface area contributed by atoms with E-state index in [1.165, 1.54) is 12.1 Å². The number of aromatic nitrogens is 1. The van der Waals surface area contributed by atoms with Crippen molar-refractivity contribution in [2.75, 3.05) is 11.3 Å². The molecule has 0 radical (unpaired) electrons. The highest BCUT2D eigenvalue weighted by Gasteiger charge is 2.17. The first-order chi connectivity index (χ1) is 15.0. The van der Waals surface area contributed by atoms with Gasteiger partial charge in [0.2, 0.25) is 0 Å². The lowest BCUT2D eigenvalue weighted by molar-refractivity contribution is 0.363. The summed E-state index contributed by atoms with van der Waals surface area (Å²) >= 11 is 1.03. The lowest BCUT2D eigenvalue weighted by Gasteiger charge is -2.10. The molecular weight excluding hydrogens is 432 g/mol. The van der Waals surface area contributed by atoms with Gasteiger partial charge in [0.1, 0.15) is 12.4 Å². The third-order valence-corrected chi connectivity index (χ3v) is 6.91. The number of rotatable bonds is 8. The Morgan fingerprint density at radius 2 is 1.84 bits per heavy atom. The molecule has 0 atom stereocenters. The van der Waals surface area contributed by atoms with Gasteiger partial charge in [-0.05, 0) is 35.9 Å². The van der Waals surface area contributed by atoms with E-state index in [1.807, 2.05) is 30.3 Å². The van der Waals surface area contributed by atoms with E-state index in [-0.39, 0.29) is 9.77 Å². The van der Waals surface area contributed by atoms with E-state index in [2.05, 4.69) is 11.3 Å². The highest BCUT2D eigenvalue weighted by molar-refractivity contribution is 7.92. The number of fused-ring (bicyclic) bond motifs is 1. The number of benzene rings is 3. The summed E-state index contributed by atoms with van der Waals surface area (Å²) in [5.74, 6) is 0.534. The highest BCUT2D eigenvalue weighted by atomic mass is 32.2. The van der Waals surface area contributed by atoms with Gasteiger partial charge in [0.05, 0.1) is 27.3 Å². The smallest absolute Gasteiger partial charge is 0.308 e. The SMILES string of the molecule is C=CCOc1cccc(NS(=O)(=O)c2ccc3c(c2)sc(=O)n3Cc2ccccc2)c1. The van der Waals surface area contributed by atoms with Crippen molar-refractivity contribution in [3.63, 3.8) is 0 Å². The maximum absolute atomic E-state index is 12.9. The molecule has 4 aromatic rings. The van der Waals surface area contributed by atoms with Crippen LogP contribution in [0.4, 0.5) is 5.69 Å². The molecule has 1 N–H and O–H groups in total. The molecular formula is C23H20N2O4S2. The van der Waals surface area contributed by atoms with Crippen molar-refractivity contribution in [2.45, 2.75) is 11.4 Å². The van der Waals surface area contributed by atoms with E-state index >= 15 is 0 Å². The van der Waals surface area contributed by atoms with Crippen LogP contribution in [0.15, 0.2) is 95.1 Å². The van der Waals surface area contributed by atoms with Crippen LogP contribution in [0.5, 0.6) is 5.75 Å². The zero-order valence-electron chi connectivity index (χ0n) is 16.5. The van der Waals surface area contributed by atoms with Crippen molar-refractivity contribution in [1.29, 1.82) is 0 Å². The third kappa shape index (κ3) is 4.70. The summed E-state index contributed by atoms with van der Waals surface area (Å²) in [5, 5.41) is 0. The van der Waals surface area contributed by atoms with Gasteiger partial charge in [0, 0.05) is 6.07 Å². The molecule has 0 spiro atoms. The molecule has 1 heterocycles. The predicted octanol–water partition coefficient (Wildman–Crippen LogP) is 4.48. The monoisotopic (exact) mass is 452 g/mol. The molecule has 6 nitrogen and oxygen atoms in total. The second-order valence-electron chi connectivity index (χ2n) is 6.80. The van der Waals surface area contributed by atoms with Crippen LogP contribution in [0.2, 0.25) is 0 Å². The zero-order chi connectivity index (χ0) is 21.8. The molecule has 0 unspecified atom stereocenters. The first-order valence-electron chi connectivity index (χ1n) is 9.50. The molecule has 1 aromatic heterocycles. The molecule has 0 aliphatic heterocycles. The average Bonchev–Trinajstić information content (AvgIpc) is 3.07. The van der Waals surface area contributed by atoms with Crippen LogP contribution < -0.4 is 14.3 Å². The topological polar surface area (TPSA) is 77.4 Å². The fourth-order valence-corrected chi connectivity index (χ4v) is 5.23. The Morgan fingerprint density at radius 3 is 2.61 bits per heavy atom. The van der Waals surface area contributed by atoms with Gasteiger partial charge in [-0.25, -0.2) is 8.42 Å². The van der Waals surface area contributed by atoms with Crippen molar-refractivity contribution in [1.82, 2.24) is 4.57 Å². The number of nitrogens with zero attached hydrogens (tertiary/aromatic N) is 1. The largest absolute Gasteiger partial charge is 0.489 e. The Morgan fingerprint density at radius 1 is 1.03 bits per heavy atom. The minimum atomic E-state index is -3.83. The molecule has 0 aliphatic carbocycles. The molecule has 0 saturated heterocycles. The van der Waals surface area contributed by atoms with Crippen molar-refractivity contribution in [2.24, 2.45) is 0 Å². The van der Waals surface area contributed by atoms with Gasteiger partial charge in [0.25, 0.3) is 10.0 Å². The number of sulfonamides is 1. The minimum Gasteiger partial charge on any atom is -0.489 e. The van der Waals surface area contributed by atoms with Gasteiger partial charge in [-0.3, -0.25) is 14.1 Å². The second-order valence-corrected chi connectivity index (χ2v) is 9.48. The van der Waals surface area contributed by atoms with Crippen LogP contribution in [0, 0.1) is 0 Å². The average molecular weight is 453 g/mol. The molecule has 8 heteroatoms. The maximum atomic E-state index is 12.9. The van der Waals surface area contributed by atoms with Crippen LogP contribution in [-0.4, -0.2) is 19.6 Å². The summed E-state index contributed by atoms with van der Waals surface area (Å²) in [6.45, 7) is 4.35. The summed E-state index contributed by atoms with van der Waals surface area (Å²) in [4.78, 5) is 12.5. The van der Waals surface area contributed by atoms with Crippen LogP contribution in [0.1, 0.15) is 5.56 Å². The molecule has 0 bridgehead atoms. The Labute approximate surface area is 184 Å². The molecule has 0 aliphatic rings. The van der Waals surface area contributed by atoms with Crippen LogP contribution in [-0.2, 0) is 16.6 Å². The van der Waals surface area contributed by atoms with E-state index < -0.39 is 10.0 Å². The van der Waals surface area contributed by atoms with Crippen molar-refractivity contribution < 1.29 is 13.2 Å². The Kier molecular flexibility index (Phi) is 5.92. The fourth-order valence-electron chi connectivity index (χ4n) is 3.15. The Hall–Kier alpha value is -3.36. The lowest BCUT2D eigenvalue weighted by atomic mass is 10.2. The number of ether oxygens (including phenoxy) is 1. The number of nitrogens with one attached hydrogen (secondary N) is 1. The van der Waals surface area contributed by atoms with Gasteiger partial charge in [-0.2, -0.15) is 0 Å². The summed E-state index contributed by atoms with van der Waals surface area (Å²) in [6.07, 6.45) is 1.61. The van der Waals surface area contributed by atoms with Gasteiger partial charge in [0.15, 0.2) is 0 Å². The van der Waals surface area contributed by atoms with Gasteiger partial charge in [-0.1, -0.05) is 60.4 Å². The van der Waals surface area contributed by atoms with E-state index in [4.69, 9.17) is 4.74 Å². The highest BCUT2D eigenvalue weighted by Crippen LogP contribution is 2.25. The van der Waals surface area contributed by atoms with Crippen LogP contribution in [0.3, 0.4) is 0 Å². The summed E-state index contributed by atoms with van der Waals surface area (Å²) < 4.78 is 36.1. The molecule has 0 saturated carbocycles. The minimum absolute atomic E-state index is 0.0884. The molecule has 158 valence electrons. The third-order valence-electron chi connectivity index (χ3n) is 4.59. The van der Waals surface area contributed by atoms with Gasteiger partial charge >= 0.3 is 4.87 Å². The van der Waals surface area contributed by atoms with Gasteiger partial charge in [-0.15, -0.1) is 0 Å². The van der Waals surface area contributed by atoms with Gasteiger partial charge < -0.3 is 4.74 Å². The number of hydrogen-bond acceptors (Lipinski definition) is 5. The van der Waals surface area contributed by atoms with E-state index in [9.17, 15) is 13.2 Å². The predicted molar refractivity (Wildman–Crippen MR) is 125 cm³/mol. The molecule has 3 aromatic carbocycles. The number of anilines is 1. The normalized spacial score (nSPS) is 11.4. The van der Waals surface area contributed by atoms with E-state index in [0.29, 0.717) is 34.8 Å². The Bertz CT molecular complexity index is 1390. The quantitative estimate of drug-likeness (QED) is 0.400. The zero-order valence-corrected chi connectivity index (χ0v) is 18.2. The Balaban J connectivity index is 1.62. The van der Waals surface area contributed by atoms with E-state index in [1.54, 1.807) is 41.0 Å². The fraction of sp³-hybridized carbons (Fsp3) is 0.0870. The van der Waals surface area contributed by atoms with Crippen molar-refractivity contribution in [3.05, 3.63) is 101 Å². The van der Waals surface area contributed by atoms with Crippen molar-refractivity contribution >= 4 is 37.3 Å². The summed E-state index contributed by atoms with van der Waals surface area (Å²) in [5.41, 5.74) is 2.09. The number of thiazole rings is 1. The first-order valence-corrected chi connectivity index (χ1v) is 11.8. The summed E-state index contributed by atoms with van der Waals surface area (Å²) in [6, 6.07) is 21.1. The summed E-state index contributed by atoms with van der Waals surface area (Å²) in [7, 11) is -3.83. The van der Waals surface area contributed by atoms with E-state index in [0.717, 1.165) is 16.9 Å². The number of hydrogen-bond donors (Lipinski definition) is 1. The molecule has 31 heavy (non-hydrogen) atoms. The second kappa shape index (κ2) is 8.79. The maximum Gasteiger partial charge on any atom is 0.308 e. The molecule has 0 fully saturated rings. The standard InChI is InChI=1S/C23H20N2O4S2/c1-2-13-29-19-10-6-9-18(14-19)24-31(27,28)20-11-12-21-22(15-20)30-23(26)25(21)16-17-7-4-3-5-8-17/h2-12,14-15,24H,1,13,16H2. The van der Waals surface area contributed by atoms with Crippen LogP contribution in [0.25, 0.3) is 10.2 Å². The van der Waals surface area contributed by atoms with Crippen LogP contribution >= 0.6 is 11.3 Å². The lowest BCUT2D eigenvalue weighted by Crippen LogP contribution is -2.14. The van der Waals surface area contributed by atoms with Crippen molar-refractivity contribution in [3.8, 4) is 5.75 Å². The first kappa shape index (κ1) is 20.9.